The maximum atomic E-state index is 5.57. The molecule has 0 aliphatic rings. The van der Waals surface area contributed by atoms with Crippen molar-refractivity contribution in [3.8, 4) is 0 Å². The van der Waals surface area contributed by atoms with Gasteiger partial charge in [-0.2, -0.15) is 0 Å². The molecule has 5 heteroatoms. The van der Waals surface area contributed by atoms with Crippen molar-refractivity contribution in [1.82, 2.24) is 5.32 Å². The van der Waals surface area contributed by atoms with Crippen LogP contribution in [0.3, 0.4) is 0 Å². The summed E-state index contributed by atoms with van der Waals surface area (Å²) in [6.07, 6.45) is 10.7. The van der Waals surface area contributed by atoms with Gasteiger partial charge in [0.05, 0.1) is 46.2 Å². The van der Waals surface area contributed by atoms with Gasteiger partial charge in [-0.15, -0.1) is 0 Å². The zero-order valence-corrected chi connectivity index (χ0v) is 16.2. The summed E-state index contributed by atoms with van der Waals surface area (Å²) in [4.78, 5) is 0. The third-order valence-corrected chi connectivity index (χ3v) is 3.75. The molecule has 0 spiro atoms. The third-order valence-electron chi connectivity index (χ3n) is 3.75. The molecule has 0 atom stereocenters. The molecule has 1 N–H and O–H groups in total. The molecule has 0 rings (SSSR count). The van der Waals surface area contributed by atoms with E-state index in [2.05, 4.69) is 12.2 Å². The van der Waals surface area contributed by atoms with Crippen LogP contribution in [0.4, 0.5) is 0 Å². The number of ether oxygens (including phenoxy) is 4. The van der Waals surface area contributed by atoms with Gasteiger partial charge in [0.15, 0.2) is 0 Å². The molecule has 0 aromatic rings. The average molecular weight is 348 g/mol. The normalized spacial score (nSPS) is 11.2. The first-order valence-electron chi connectivity index (χ1n) is 9.87. The van der Waals surface area contributed by atoms with Crippen LogP contribution in [-0.4, -0.2) is 66.4 Å². The van der Waals surface area contributed by atoms with E-state index in [1.807, 2.05) is 7.05 Å². The highest BCUT2D eigenvalue weighted by Gasteiger charge is 1.94. The molecule has 0 aromatic heterocycles. The minimum Gasteiger partial charge on any atom is -0.379 e. The predicted octanol–water partition coefficient (Wildman–Crippen LogP) is 3.41. The summed E-state index contributed by atoms with van der Waals surface area (Å²) in [5.41, 5.74) is 0. The minimum atomic E-state index is 0.618. The average Bonchev–Trinajstić information content (AvgIpc) is 2.60. The van der Waals surface area contributed by atoms with Crippen molar-refractivity contribution in [3.05, 3.63) is 0 Å². The van der Waals surface area contributed by atoms with E-state index in [4.69, 9.17) is 18.9 Å². The first-order valence-corrected chi connectivity index (χ1v) is 9.87. The van der Waals surface area contributed by atoms with E-state index in [0.717, 1.165) is 19.8 Å². The van der Waals surface area contributed by atoms with Gasteiger partial charge in [0.2, 0.25) is 0 Å². The summed E-state index contributed by atoms with van der Waals surface area (Å²) in [7, 11) is 1.91. The Kier molecular flexibility index (Phi) is 22.6. The maximum absolute atomic E-state index is 5.57. The van der Waals surface area contributed by atoms with Gasteiger partial charge in [-0.25, -0.2) is 0 Å². The highest BCUT2D eigenvalue weighted by Crippen LogP contribution is 2.08. The molecule has 0 radical (unpaired) electrons. The second-order valence-electron chi connectivity index (χ2n) is 6.03. The van der Waals surface area contributed by atoms with Gasteiger partial charge in [0, 0.05) is 13.2 Å². The fraction of sp³-hybridized carbons (Fsp3) is 1.00. The molecule has 0 fully saturated rings. The molecule has 0 amide bonds. The summed E-state index contributed by atoms with van der Waals surface area (Å²) in [5.74, 6) is 0. The summed E-state index contributed by atoms with van der Waals surface area (Å²) >= 11 is 0. The van der Waals surface area contributed by atoms with Gasteiger partial charge < -0.3 is 24.3 Å². The van der Waals surface area contributed by atoms with Crippen LogP contribution in [0.15, 0.2) is 0 Å². The summed E-state index contributed by atoms with van der Waals surface area (Å²) in [5, 5.41) is 3.03. The van der Waals surface area contributed by atoms with E-state index < -0.39 is 0 Å². The monoisotopic (exact) mass is 347 g/mol. The van der Waals surface area contributed by atoms with E-state index in [0.29, 0.717) is 39.6 Å². The number of hydrogen-bond donors (Lipinski definition) is 1. The molecule has 0 heterocycles. The SMILES string of the molecule is CCCCCCCCCCOCCOCCOCCOCCNC. The number of unbranched alkanes of at least 4 members (excludes halogenated alkanes) is 7. The topological polar surface area (TPSA) is 49.0 Å². The lowest BCUT2D eigenvalue weighted by molar-refractivity contribution is -0.00170. The van der Waals surface area contributed by atoms with Gasteiger partial charge in [-0.05, 0) is 13.5 Å². The van der Waals surface area contributed by atoms with Crippen LogP contribution in [0.5, 0.6) is 0 Å². The second-order valence-corrected chi connectivity index (χ2v) is 6.03. The Labute approximate surface area is 149 Å². The lowest BCUT2D eigenvalue weighted by Gasteiger charge is -2.07. The van der Waals surface area contributed by atoms with Crippen LogP contribution in [0, 0.1) is 0 Å². The summed E-state index contributed by atoms with van der Waals surface area (Å²) in [6, 6.07) is 0. The zero-order valence-electron chi connectivity index (χ0n) is 16.2. The van der Waals surface area contributed by atoms with Gasteiger partial charge in [0.1, 0.15) is 0 Å². The predicted molar refractivity (Wildman–Crippen MR) is 99.8 cm³/mol. The van der Waals surface area contributed by atoms with E-state index in [-0.39, 0.29) is 0 Å². The van der Waals surface area contributed by atoms with Crippen LogP contribution in [0.2, 0.25) is 0 Å². The van der Waals surface area contributed by atoms with Gasteiger partial charge in [0.25, 0.3) is 0 Å². The molecule has 0 saturated carbocycles. The maximum Gasteiger partial charge on any atom is 0.0701 e. The van der Waals surface area contributed by atoms with Crippen molar-refractivity contribution >= 4 is 0 Å². The van der Waals surface area contributed by atoms with Crippen LogP contribution >= 0.6 is 0 Å². The molecule has 0 aliphatic carbocycles. The Bertz CT molecular complexity index is 196. The standard InChI is InChI=1S/C19H41NO4/c1-3-4-5-6-7-8-9-10-12-21-14-16-23-18-19-24-17-15-22-13-11-20-2/h20H,3-19H2,1-2H3. The van der Waals surface area contributed by atoms with Gasteiger partial charge in [-0.3, -0.25) is 0 Å². The van der Waals surface area contributed by atoms with Crippen molar-refractivity contribution in [2.75, 3.05) is 66.4 Å². The number of hydrogen-bond acceptors (Lipinski definition) is 5. The zero-order chi connectivity index (χ0) is 17.6. The van der Waals surface area contributed by atoms with Crippen LogP contribution in [-0.2, 0) is 18.9 Å². The second kappa shape index (κ2) is 22.8. The van der Waals surface area contributed by atoms with Crippen LogP contribution in [0.1, 0.15) is 58.3 Å². The highest BCUT2D eigenvalue weighted by atomic mass is 16.6. The van der Waals surface area contributed by atoms with Crippen molar-refractivity contribution in [1.29, 1.82) is 0 Å². The first-order chi connectivity index (χ1) is 11.9. The molecule has 0 unspecified atom stereocenters. The molecule has 0 aromatic carbocycles. The van der Waals surface area contributed by atoms with E-state index in [1.54, 1.807) is 0 Å². The Morgan fingerprint density at radius 3 is 1.42 bits per heavy atom. The lowest BCUT2D eigenvalue weighted by Crippen LogP contribution is -2.17. The summed E-state index contributed by atoms with van der Waals surface area (Å²) < 4.78 is 21.8. The quantitative estimate of drug-likeness (QED) is 0.322. The van der Waals surface area contributed by atoms with E-state index in [1.165, 1.54) is 51.4 Å². The van der Waals surface area contributed by atoms with Crippen LogP contribution in [0.25, 0.3) is 0 Å². The van der Waals surface area contributed by atoms with Crippen molar-refractivity contribution in [2.45, 2.75) is 58.3 Å². The number of nitrogens with one attached hydrogen (secondary N) is 1. The molecule has 0 bridgehead atoms. The lowest BCUT2D eigenvalue weighted by atomic mass is 10.1. The Morgan fingerprint density at radius 2 is 0.917 bits per heavy atom. The Hall–Kier alpha value is -0.200. The highest BCUT2D eigenvalue weighted by molar-refractivity contribution is 4.46. The van der Waals surface area contributed by atoms with E-state index in [9.17, 15) is 0 Å². The first kappa shape index (κ1) is 23.8. The largest absolute Gasteiger partial charge is 0.379 e. The molecule has 0 saturated heterocycles. The fourth-order valence-corrected chi connectivity index (χ4v) is 2.27. The third kappa shape index (κ3) is 21.8. The molecule has 0 aliphatic heterocycles. The molecular formula is C19H41NO4. The fourth-order valence-electron chi connectivity index (χ4n) is 2.27. The van der Waals surface area contributed by atoms with Crippen molar-refractivity contribution in [3.63, 3.8) is 0 Å². The molecule has 146 valence electrons. The Morgan fingerprint density at radius 1 is 0.500 bits per heavy atom. The van der Waals surface area contributed by atoms with Crippen molar-refractivity contribution in [2.24, 2.45) is 0 Å². The van der Waals surface area contributed by atoms with Gasteiger partial charge in [-0.1, -0.05) is 51.9 Å². The molecular weight excluding hydrogens is 306 g/mol. The number of likely N-dealkylation sites (N-methyl/N-ethyl adjacent to an activating group) is 1. The van der Waals surface area contributed by atoms with E-state index >= 15 is 0 Å². The molecule has 5 nitrogen and oxygen atoms in total. The van der Waals surface area contributed by atoms with Crippen LogP contribution < -0.4 is 5.32 Å². The smallest absolute Gasteiger partial charge is 0.0701 e. The minimum absolute atomic E-state index is 0.618. The van der Waals surface area contributed by atoms with Gasteiger partial charge >= 0.3 is 0 Å². The summed E-state index contributed by atoms with van der Waals surface area (Å²) in [6.45, 7) is 8.57. The molecule has 24 heavy (non-hydrogen) atoms. The number of rotatable bonds is 21. The Balaban J connectivity index is 2.93. The van der Waals surface area contributed by atoms with Crippen molar-refractivity contribution < 1.29 is 18.9 Å².